The van der Waals surface area contributed by atoms with Crippen LogP contribution in [0, 0.1) is 5.82 Å². The van der Waals surface area contributed by atoms with Crippen LogP contribution in [0.4, 0.5) is 8.78 Å². The Bertz CT molecular complexity index is 797. The van der Waals surface area contributed by atoms with Crippen molar-refractivity contribution < 1.29 is 17.5 Å². The van der Waals surface area contributed by atoms with Crippen molar-refractivity contribution in [1.82, 2.24) is 24.5 Å². The van der Waals surface area contributed by atoms with Gasteiger partial charge in [0.25, 0.3) is 0 Å². The number of nitrogens with zero attached hydrogens (tertiary/aromatic N) is 4. The molecule has 1 N–H and O–H groups in total. The summed E-state index contributed by atoms with van der Waals surface area (Å²) in [5.74, 6) is -0.788. The zero-order valence-corrected chi connectivity index (χ0v) is 13.8. The summed E-state index contributed by atoms with van der Waals surface area (Å²) in [5.41, 5.74) is -0.459. The summed E-state index contributed by atoms with van der Waals surface area (Å²) in [6.07, 6.45) is 0.274. The third kappa shape index (κ3) is 4.44. The first-order valence-corrected chi connectivity index (χ1v) is 8.29. The zero-order valence-electron chi connectivity index (χ0n) is 12.2. The first kappa shape index (κ1) is 18.6. The first-order valence-electron chi connectivity index (χ1n) is 6.84. The van der Waals surface area contributed by atoms with Crippen LogP contribution in [0.3, 0.4) is 0 Å². The van der Waals surface area contributed by atoms with Gasteiger partial charge >= 0.3 is 5.69 Å². The molecule has 0 aliphatic rings. The van der Waals surface area contributed by atoms with Gasteiger partial charge in [-0.05, 0) is 41.0 Å². The number of nitrogens with one attached hydrogen (secondary N) is 1. The minimum atomic E-state index is -2.42. The largest absolute Gasteiger partial charge is 0.760 e. The number of rotatable bonds is 8. The second-order valence-corrected chi connectivity index (χ2v) is 5.88. The molecule has 0 aliphatic heterocycles. The molecule has 0 aliphatic carbocycles. The van der Waals surface area contributed by atoms with Crippen LogP contribution in [0.15, 0.2) is 16.9 Å². The summed E-state index contributed by atoms with van der Waals surface area (Å²) in [6.45, 7) is -0.539. The van der Waals surface area contributed by atoms with Crippen LogP contribution in [0.1, 0.15) is 12.0 Å². The lowest BCUT2D eigenvalue weighted by atomic mass is 10.1. The lowest BCUT2D eigenvalue weighted by Gasteiger charge is -2.10. The molecule has 1 aromatic heterocycles. The summed E-state index contributed by atoms with van der Waals surface area (Å²) in [6, 6.07) is 2.30. The number of aromatic nitrogens is 4. The molecular formula is C12H13ClF2N5O3S-. The van der Waals surface area contributed by atoms with E-state index in [1.807, 2.05) is 0 Å². The van der Waals surface area contributed by atoms with Crippen molar-refractivity contribution in [2.75, 3.05) is 13.2 Å². The van der Waals surface area contributed by atoms with Crippen molar-refractivity contribution in [3.63, 3.8) is 0 Å². The van der Waals surface area contributed by atoms with E-state index in [-0.39, 0.29) is 36.6 Å². The molecule has 1 atom stereocenters. The molecular weight excluding hydrogens is 368 g/mol. The number of hydrogen-bond donors (Lipinski definition) is 1. The molecule has 0 radical (unpaired) electrons. The van der Waals surface area contributed by atoms with Crippen LogP contribution in [-0.2, 0) is 24.2 Å². The van der Waals surface area contributed by atoms with Gasteiger partial charge in [-0.2, -0.15) is 9.36 Å². The fourth-order valence-corrected chi connectivity index (χ4v) is 2.49. The predicted octanol–water partition coefficient (Wildman–Crippen LogP) is 0.507. The lowest BCUT2D eigenvalue weighted by Crippen LogP contribution is -2.25. The molecule has 24 heavy (non-hydrogen) atoms. The molecule has 1 heterocycles. The molecule has 8 nitrogen and oxygen atoms in total. The maximum atomic E-state index is 14.1. The van der Waals surface area contributed by atoms with Gasteiger partial charge in [-0.25, -0.2) is 13.9 Å². The maximum absolute atomic E-state index is 14.1. The molecule has 0 amide bonds. The van der Waals surface area contributed by atoms with Crippen LogP contribution in [0.2, 0.25) is 5.02 Å². The fourth-order valence-electron chi connectivity index (χ4n) is 1.98. The van der Waals surface area contributed by atoms with Crippen molar-refractivity contribution >= 4 is 22.9 Å². The van der Waals surface area contributed by atoms with E-state index in [1.165, 1.54) is 6.07 Å². The summed E-state index contributed by atoms with van der Waals surface area (Å²) in [4.78, 5) is 12.1. The first-order chi connectivity index (χ1) is 11.4. The van der Waals surface area contributed by atoms with Crippen LogP contribution < -0.4 is 10.4 Å². The molecule has 0 fully saturated rings. The Morgan fingerprint density at radius 1 is 1.38 bits per heavy atom. The van der Waals surface area contributed by atoms with E-state index < -0.39 is 29.4 Å². The number of tetrazole rings is 1. The molecule has 2 aromatic rings. The van der Waals surface area contributed by atoms with Gasteiger partial charge in [0.15, 0.2) is 5.82 Å². The smallest absolute Gasteiger partial charge is 0.368 e. The van der Waals surface area contributed by atoms with Gasteiger partial charge in [-0.15, -0.1) is 0 Å². The monoisotopic (exact) mass is 380 g/mol. The normalized spacial score (nSPS) is 12.5. The van der Waals surface area contributed by atoms with Crippen LogP contribution in [0.25, 0.3) is 5.69 Å². The summed E-state index contributed by atoms with van der Waals surface area (Å²) in [5, 5.41) is 7.23. The van der Waals surface area contributed by atoms with Crippen LogP contribution in [-0.4, -0.2) is 41.8 Å². The summed E-state index contributed by atoms with van der Waals surface area (Å²) >= 11 is 3.50. The molecule has 1 aromatic carbocycles. The van der Waals surface area contributed by atoms with Gasteiger partial charge in [0.1, 0.15) is 5.69 Å². The highest BCUT2D eigenvalue weighted by molar-refractivity contribution is 7.77. The Morgan fingerprint density at radius 3 is 2.79 bits per heavy atom. The van der Waals surface area contributed by atoms with Gasteiger partial charge in [0.05, 0.1) is 13.2 Å². The van der Waals surface area contributed by atoms with E-state index in [0.29, 0.717) is 5.56 Å². The fraction of sp³-hybridized carbons (Fsp3) is 0.417. The van der Waals surface area contributed by atoms with Crippen molar-refractivity contribution in [2.45, 2.75) is 19.4 Å². The van der Waals surface area contributed by atoms with E-state index in [9.17, 15) is 22.3 Å². The van der Waals surface area contributed by atoms with Crippen LogP contribution >= 0.6 is 11.6 Å². The number of alkyl halides is 1. The number of benzene rings is 1. The van der Waals surface area contributed by atoms with E-state index in [1.54, 1.807) is 0 Å². The lowest BCUT2D eigenvalue weighted by molar-refractivity contribution is 0.427. The second kappa shape index (κ2) is 8.42. The number of halogens is 3. The average Bonchev–Trinajstić information content (AvgIpc) is 2.88. The third-order valence-corrected chi connectivity index (χ3v) is 3.89. The Hall–Kier alpha value is -1.69. The quantitative estimate of drug-likeness (QED) is 0.672. The summed E-state index contributed by atoms with van der Waals surface area (Å²) < 4.78 is 51.0. The molecule has 0 bridgehead atoms. The highest BCUT2D eigenvalue weighted by Crippen LogP contribution is 2.22. The van der Waals surface area contributed by atoms with Crippen LogP contribution in [0.5, 0.6) is 0 Å². The van der Waals surface area contributed by atoms with Crippen molar-refractivity contribution in [3.8, 4) is 5.69 Å². The SMILES string of the molecule is O=c1n(CCCF)nnn1-c1cc(CCNS(=O)[O-])c(Cl)cc1F. The Labute approximate surface area is 142 Å². The van der Waals surface area contributed by atoms with E-state index in [0.717, 1.165) is 15.4 Å². The molecule has 0 saturated heterocycles. The molecule has 0 spiro atoms. The van der Waals surface area contributed by atoms with Gasteiger partial charge in [0.2, 0.25) is 0 Å². The minimum absolute atomic E-state index is 0.0244. The molecule has 1 unspecified atom stereocenters. The van der Waals surface area contributed by atoms with Gasteiger partial charge in [-0.3, -0.25) is 8.60 Å². The average molecular weight is 381 g/mol. The highest BCUT2D eigenvalue weighted by Gasteiger charge is 2.15. The highest BCUT2D eigenvalue weighted by atomic mass is 35.5. The van der Waals surface area contributed by atoms with Gasteiger partial charge < -0.3 is 4.55 Å². The second-order valence-electron chi connectivity index (χ2n) is 4.71. The van der Waals surface area contributed by atoms with E-state index in [4.69, 9.17) is 11.6 Å². The standard InChI is InChI=1S/C12H14ClF2N5O3S/c13-9-7-10(15)11(6-8(9)2-4-16-24(22)23)20-12(21)19(17-18-20)5-1-3-14/h6-7,16H,1-5H2,(H,22,23)/p-1. The van der Waals surface area contributed by atoms with Crippen molar-refractivity contribution in [1.29, 1.82) is 0 Å². The van der Waals surface area contributed by atoms with Crippen molar-refractivity contribution in [3.05, 3.63) is 39.0 Å². The van der Waals surface area contributed by atoms with Gasteiger partial charge in [0, 0.05) is 22.8 Å². The van der Waals surface area contributed by atoms with Gasteiger partial charge in [-0.1, -0.05) is 11.6 Å². The zero-order chi connectivity index (χ0) is 17.7. The molecule has 2 rings (SSSR count). The molecule has 12 heteroatoms. The van der Waals surface area contributed by atoms with Crippen molar-refractivity contribution in [2.24, 2.45) is 0 Å². The third-order valence-electron chi connectivity index (χ3n) is 3.10. The predicted molar refractivity (Wildman–Crippen MR) is 81.8 cm³/mol. The Morgan fingerprint density at radius 2 is 2.12 bits per heavy atom. The molecule has 132 valence electrons. The van der Waals surface area contributed by atoms with E-state index in [2.05, 4.69) is 15.1 Å². The number of aryl methyl sites for hydroxylation is 1. The Kier molecular flexibility index (Phi) is 6.54. The topological polar surface area (TPSA) is 105 Å². The minimum Gasteiger partial charge on any atom is -0.760 e. The number of hydrogen-bond acceptors (Lipinski definition) is 5. The molecule has 0 saturated carbocycles. The van der Waals surface area contributed by atoms with E-state index >= 15 is 0 Å². The summed E-state index contributed by atoms with van der Waals surface area (Å²) in [7, 11) is 0. The maximum Gasteiger partial charge on any atom is 0.368 e. The Balaban J connectivity index is 2.31.